The summed E-state index contributed by atoms with van der Waals surface area (Å²) in [6.45, 7) is 4.23. The summed E-state index contributed by atoms with van der Waals surface area (Å²) in [5.41, 5.74) is 3.17. The Hall–Kier alpha value is -2.76. The van der Waals surface area contributed by atoms with Crippen molar-refractivity contribution in [2.45, 2.75) is 45.7 Å². The number of aliphatic imine (C=N–C) groups is 1. The molecule has 0 radical (unpaired) electrons. The number of hydrogen-bond acceptors (Lipinski definition) is 2. The zero-order valence-electron chi connectivity index (χ0n) is 17.8. The maximum absolute atomic E-state index is 12.4. The second-order valence-corrected chi connectivity index (χ2v) is 7.81. The zero-order chi connectivity index (χ0) is 20.6. The van der Waals surface area contributed by atoms with Crippen LogP contribution in [-0.2, 0) is 24.9 Å². The lowest BCUT2D eigenvalue weighted by Gasteiger charge is -2.22. The molecule has 0 saturated heterocycles. The van der Waals surface area contributed by atoms with E-state index in [-0.39, 0.29) is 11.8 Å². The number of amides is 1. The van der Waals surface area contributed by atoms with Gasteiger partial charge in [0.25, 0.3) is 0 Å². The van der Waals surface area contributed by atoms with E-state index < -0.39 is 0 Å². The van der Waals surface area contributed by atoms with Gasteiger partial charge in [-0.25, -0.2) is 4.99 Å². The van der Waals surface area contributed by atoms with Crippen molar-refractivity contribution in [2.75, 3.05) is 18.9 Å². The molecule has 1 aliphatic carbocycles. The SMILES string of the molecule is CCNC(=NCc1cccc(NC(=O)C2CCCC2)c1)N(C)Cc1cccn1C. The van der Waals surface area contributed by atoms with Gasteiger partial charge in [0, 0.05) is 44.1 Å². The summed E-state index contributed by atoms with van der Waals surface area (Å²) in [5.74, 6) is 1.19. The standard InChI is InChI=1S/C23H33N5O/c1-4-24-23(28(3)17-21-13-8-14-27(21)2)25-16-18-9-7-12-20(15-18)26-22(29)19-10-5-6-11-19/h7-9,12-15,19H,4-6,10-11,16-17H2,1-3H3,(H,24,25)(H,26,29). The molecule has 1 aliphatic rings. The van der Waals surface area contributed by atoms with Gasteiger partial charge in [-0.15, -0.1) is 0 Å². The first-order chi connectivity index (χ1) is 14.1. The highest BCUT2D eigenvalue weighted by atomic mass is 16.1. The van der Waals surface area contributed by atoms with E-state index in [9.17, 15) is 4.79 Å². The van der Waals surface area contributed by atoms with Crippen LogP contribution in [0.15, 0.2) is 47.6 Å². The van der Waals surface area contributed by atoms with E-state index in [0.717, 1.165) is 56.0 Å². The van der Waals surface area contributed by atoms with Crippen LogP contribution in [0.1, 0.15) is 43.9 Å². The fourth-order valence-electron chi connectivity index (χ4n) is 3.79. The molecule has 2 N–H and O–H groups in total. The van der Waals surface area contributed by atoms with Gasteiger partial charge in [-0.1, -0.05) is 25.0 Å². The van der Waals surface area contributed by atoms with Crippen LogP contribution in [0.25, 0.3) is 0 Å². The molecule has 2 aromatic rings. The molecule has 1 amide bonds. The van der Waals surface area contributed by atoms with Crippen molar-refractivity contribution in [2.24, 2.45) is 18.0 Å². The molecule has 1 saturated carbocycles. The first-order valence-electron chi connectivity index (χ1n) is 10.6. The summed E-state index contributed by atoms with van der Waals surface area (Å²) in [4.78, 5) is 19.3. The maximum Gasteiger partial charge on any atom is 0.227 e. The number of aryl methyl sites for hydroxylation is 1. The molecular weight excluding hydrogens is 362 g/mol. The minimum atomic E-state index is 0.152. The van der Waals surface area contributed by atoms with Gasteiger partial charge in [0.2, 0.25) is 5.91 Å². The Kier molecular flexibility index (Phi) is 7.33. The molecule has 6 heteroatoms. The van der Waals surface area contributed by atoms with Crippen molar-refractivity contribution >= 4 is 17.6 Å². The lowest BCUT2D eigenvalue weighted by Crippen LogP contribution is -2.38. The Morgan fingerprint density at radius 3 is 2.72 bits per heavy atom. The van der Waals surface area contributed by atoms with Crippen molar-refractivity contribution in [3.8, 4) is 0 Å². The largest absolute Gasteiger partial charge is 0.357 e. The molecule has 6 nitrogen and oxygen atoms in total. The number of nitrogens with one attached hydrogen (secondary N) is 2. The molecule has 29 heavy (non-hydrogen) atoms. The number of rotatable bonds is 7. The Morgan fingerprint density at radius 2 is 2.03 bits per heavy atom. The van der Waals surface area contributed by atoms with Gasteiger partial charge < -0.3 is 20.1 Å². The van der Waals surface area contributed by atoms with Crippen LogP contribution >= 0.6 is 0 Å². The number of nitrogens with zero attached hydrogens (tertiary/aromatic N) is 3. The molecule has 0 unspecified atom stereocenters. The number of anilines is 1. The maximum atomic E-state index is 12.4. The van der Waals surface area contributed by atoms with Crippen molar-refractivity contribution in [3.63, 3.8) is 0 Å². The van der Waals surface area contributed by atoms with Gasteiger partial charge in [0.1, 0.15) is 0 Å². The van der Waals surface area contributed by atoms with E-state index in [4.69, 9.17) is 4.99 Å². The summed E-state index contributed by atoms with van der Waals surface area (Å²) >= 11 is 0. The van der Waals surface area contributed by atoms with Gasteiger partial charge in [-0.05, 0) is 49.6 Å². The molecule has 1 heterocycles. The lowest BCUT2D eigenvalue weighted by molar-refractivity contribution is -0.119. The average molecular weight is 396 g/mol. The fraction of sp³-hybridized carbons (Fsp3) is 0.478. The van der Waals surface area contributed by atoms with Crippen LogP contribution in [0.3, 0.4) is 0 Å². The third-order valence-corrected chi connectivity index (χ3v) is 5.48. The van der Waals surface area contributed by atoms with E-state index in [1.807, 2.05) is 25.2 Å². The third kappa shape index (κ3) is 5.86. The van der Waals surface area contributed by atoms with Gasteiger partial charge in [0.05, 0.1) is 13.1 Å². The number of hydrogen-bond donors (Lipinski definition) is 2. The molecule has 0 aliphatic heterocycles. The molecule has 156 valence electrons. The van der Waals surface area contributed by atoms with Gasteiger partial charge in [-0.2, -0.15) is 0 Å². The molecular formula is C23H33N5O. The summed E-state index contributed by atoms with van der Waals surface area (Å²) in [7, 11) is 4.10. The van der Waals surface area contributed by atoms with Crippen LogP contribution in [0.5, 0.6) is 0 Å². The van der Waals surface area contributed by atoms with Crippen molar-refractivity contribution in [1.29, 1.82) is 0 Å². The quantitative estimate of drug-likeness (QED) is 0.554. The number of aromatic nitrogens is 1. The van der Waals surface area contributed by atoms with Crippen LogP contribution in [-0.4, -0.2) is 34.9 Å². The van der Waals surface area contributed by atoms with Crippen LogP contribution in [0.4, 0.5) is 5.69 Å². The first-order valence-corrected chi connectivity index (χ1v) is 10.6. The predicted octanol–water partition coefficient (Wildman–Crippen LogP) is 3.75. The van der Waals surface area contributed by atoms with E-state index in [0.29, 0.717) is 6.54 Å². The van der Waals surface area contributed by atoms with Gasteiger partial charge in [0.15, 0.2) is 5.96 Å². The van der Waals surface area contributed by atoms with Crippen LogP contribution < -0.4 is 10.6 Å². The second kappa shape index (κ2) is 10.1. The number of guanidine groups is 1. The average Bonchev–Trinajstić information content (AvgIpc) is 3.38. The predicted molar refractivity (Wildman–Crippen MR) is 119 cm³/mol. The van der Waals surface area contributed by atoms with Crippen LogP contribution in [0.2, 0.25) is 0 Å². The highest BCUT2D eigenvalue weighted by molar-refractivity contribution is 5.92. The smallest absolute Gasteiger partial charge is 0.227 e. The minimum absolute atomic E-state index is 0.152. The third-order valence-electron chi connectivity index (χ3n) is 5.48. The molecule has 0 atom stereocenters. The van der Waals surface area contributed by atoms with Crippen molar-refractivity contribution in [1.82, 2.24) is 14.8 Å². The molecule has 0 spiro atoms. The first kappa shape index (κ1) is 21.0. The van der Waals surface area contributed by atoms with Crippen LogP contribution in [0, 0.1) is 5.92 Å². The lowest BCUT2D eigenvalue weighted by atomic mass is 10.1. The monoisotopic (exact) mass is 395 g/mol. The zero-order valence-corrected chi connectivity index (χ0v) is 17.8. The number of carbonyl (C=O) groups excluding carboxylic acids is 1. The Bertz CT molecular complexity index is 835. The normalized spacial score (nSPS) is 14.8. The summed E-state index contributed by atoms with van der Waals surface area (Å²) in [6, 6.07) is 12.2. The number of benzene rings is 1. The molecule has 3 rings (SSSR count). The topological polar surface area (TPSA) is 61.7 Å². The Balaban J connectivity index is 1.64. The number of carbonyl (C=O) groups is 1. The highest BCUT2D eigenvalue weighted by Gasteiger charge is 2.22. The van der Waals surface area contributed by atoms with Gasteiger partial charge in [-0.3, -0.25) is 4.79 Å². The van der Waals surface area contributed by atoms with E-state index in [1.54, 1.807) is 0 Å². The van der Waals surface area contributed by atoms with E-state index in [2.05, 4.69) is 58.5 Å². The highest BCUT2D eigenvalue weighted by Crippen LogP contribution is 2.26. The fourth-order valence-corrected chi connectivity index (χ4v) is 3.79. The molecule has 0 bridgehead atoms. The summed E-state index contributed by atoms with van der Waals surface area (Å²) in [6.07, 6.45) is 6.40. The van der Waals surface area contributed by atoms with E-state index in [1.165, 1.54) is 5.69 Å². The van der Waals surface area contributed by atoms with Crippen molar-refractivity contribution in [3.05, 3.63) is 53.9 Å². The molecule has 1 aromatic heterocycles. The second-order valence-electron chi connectivity index (χ2n) is 7.81. The van der Waals surface area contributed by atoms with Crippen molar-refractivity contribution < 1.29 is 4.79 Å². The Morgan fingerprint density at radius 1 is 1.24 bits per heavy atom. The molecule has 1 fully saturated rings. The summed E-state index contributed by atoms with van der Waals surface area (Å²) < 4.78 is 2.12. The van der Waals surface area contributed by atoms with E-state index >= 15 is 0 Å². The minimum Gasteiger partial charge on any atom is -0.357 e. The molecule has 1 aromatic carbocycles. The summed E-state index contributed by atoms with van der Waals surface area (Å²) in [5, 5.41) is 6.44. The Labute approximate surface area is 174 Å². The van der Waals surface area contributed by atoms with Gasteiger partial charge >= 0.3 is 0 Å².